The summed E-state index contributed by atoms with van der Waals surface area (Å²) in [5.41, 5.74) is 0. The Kier molecular flexibility index (Phi) is 8.20. The number of rotatable bonds is 0. The van der Waals surface area contributed by atoms with E-state index in [1.54, 1.807) is 0 Å². The van der Waals surface area contributed by atoms with Crippen molar-refractivity contribution in [1.82, 2.24) is 0 Å². The molecule has 0 aliphatic carbocycles. The molecule has 142 valence electrons. The molecule has 0 aromatic heterocycles. The van der Waals surface area contributed by atoms with Crippen molar-refractivity contribution >= 4 is 0 Å². The van der Waals surface area contributed by atoms with Crippen LogP contribution < -0.4 is 0 Å². The predicted octanol–water partition coefficient (Wildman–Crippen LogP) is 4.45. The Morgan fingerprint density at radius 2 is 0.560 bits per heavy atom. The van der Waals surface area contributed by atoms with E-state index in [0.717, 1.165) is 57.0 Å². The van der Waals surface area contributed by atoms with Gasteiger partial charge < -0.3 is 31.9 Å². The molecule has 0 radical (unpaired) electrons. The third kappa shape index (κ3) is 5.26. The predicted molar refractivity (Wildman–Crippen MR) is 98.9 cm³/mol. The minimum absolute atomic E-state index is 0. The summed E-state index contributed by atoms with van der Waals surface area (Å²) in [5.74, 6) is 2.53. The second-order valence-corrected chi connectivity index (χ2v) is 7.69. The molecule has 0 atom stereocenters. The van der Waals surface area contributed by atoms with Gasteiger partial charge in [-0.2, -0.15) is 0 Å². The number of hydrogen-bond acceptors (Lipinski definition) is 0. The molecular formula is C18H30N6Ti-6. The van der Waals surface area contributed by atoms with Crippen LogP contribution in [0.5, 0.6) is 0 Å². The summed E-state index contributed by atoms with van der Waals surface area (Å²) >= 11 is 0. The van der Waals surface area contributed by atoms with Crippen LogP contribution in [0.1, 0.15) is 38.5 Å². The fraction of sp³-hybridized carbons (Fsp3) is 1.00. The molecule has 6 aliphatic heterocycles. The standard InChI is InChI=1S/3C6H10N2.Ti/c3*1-3-7-6-5(1)2-4-8-6;/h3*5-6H,1-4H2;/q3*-2;. The molecule has 0 aromatic rings. The first kappa shape index (κ1) is 20.2. The smallest absolute Gasteiger partial charge is 0 e. The van der Waals surface area contributed by atoms with Gasteiger partial charge in [-0.25, -0.2) is 18.5 Å². The first-order chi connectivity index (χ1) is 11.9. The zero-order valence-electron chi connectivity index (χ0n) is 15.1. The maximum Gasteiger partial charge on any atom is 0 e. The largest absolute Gasteiger partial charge is 0.678 e. The zero-order valence-corrected chi connectivity index (χ0v) is 16.7. The molecule has 0 aromatic carbocycles. The maximum absolute atomic E-state index is 4.33. The SMILES string of the molecule is C1CC2CC[N-]C2[N-]1.C1CC2CC[N-]C2[N-]1.C1CC2CC[N-]C2[N-]1.[Ti]. The Morgan fingerprint density at radius 1 is 0.360 bits per heavy atom. The van der Waals surface area contributed by atoms with Crippen LogP contribution >= 0.6 is 0 Å². The summed E-state index contributed by atoms with van der Waals surface area (Å²) in [4.78, 5) is 0. The molecule has 6 fully saturated rings. The summed E-state index contributed by atoms with van der Waals surface area (Å²) in [5, 5.41) is 26.0. The molecule has 6 rings (SSSR count). The van der Waals surface area contributed by atoms with Crippen LogP contribution in [0.15, 0.2) is 0 Å². The van der Waals surface area contributed by atoms with E-state index >= 15 is 0 Å². The number of fused-ring (bicyclic) bond motifs is 3. The molecule has 6 heterocycles. The van der Waals surface area contributed by atoms with Gasteiger partial charge in [-0.15, -0.1) is 39.3 Å². The van der Waals surface area contributed by atoms with E-state index in [2.05, 4.69) is 31.9 Å². The molecule has 0 unspecified atom stereocenters. The Morgan fingerprint density at radius 3 is 0.720 bits per heavy atom. The zero-order chi connectivity index (χ0) is 16.2. The van der Waals surface area contributed by atoms with Gasteiger partial charge in [0.05, 0.1) is 0 Å². The van der Waals surface area contributed by atoms with Crippen LogP contribution in [0, 0.1) is 17.8 Å². The van der Waals surface area contributed by atoms with Gasteiger partial charge in [-0.1, -0.05) is 56.3 Å². The summed E-state index contributed by atoms with van der Waals surface area (Å²) < 4.78 is 0. The molecule has 7 heteroatoms. The first-order valence-corrected chi connectivity index (χ1v) is 9.90. The van der Waals surface area contributed by atoms with Gasteiger partial charge in [-0.05, 0) is 0 Å². The van der Waals surface area contributed by atoms with Gasteiger partial charge in [0.15, 0.2) is 0 Å². The van der Waals surface area contributed by atoms with Crippen molar-refractivity contribution in [2.24, 2.45) is 17.8 Å². The molecule has 0 saturated carbocycles. The average molecular weight is 378 g/mol. The third-order valence-electron chi connectivity index (χ3n) is 6.16. The normalized spacial score (nSPS) is 43.2. The van der Waals surface area contributed by atoms with Crippen molar-refractivity contribution in [3.8, 4) is 0 Å². The Balaban J connectivity index is 0.000000107. The van der Waals surface area contributed by atoms with Crippen LogP contribution in [-0.2, 0) is 21.7 Å². The molecule has 6 nitrogen and oxygen atoms in total. The quantitative estimate of drug-likeness (QED) is 0.558. The fourth-order valence-electron chi connectivity index (χ4n) is 4.63. The van der Waals surface area contributed by atoms with E-state index in [4.69, 9.17) is 0 Å². The first-order valence-electron chi connectivity index (χ1n) is 9.90. The van der Waals surface area contributed by atoms with Gasteiger partial charge in [0.25, 0.3) is 0 Å². The van der Waals surface area contributed by atoms with Crippen LogP contribution in [0.25, 0.3) is 31.9 Å². The van der Waals surface area contributed by atoms with Crippen LogP contribution in [0.3, 0.4) is 0 Å². The molecule has 6 saturated heterocycles. The second kappa shape index (κ2) is 10.1. The maximum atomic E-state index is 4.33. The monoisotopic (exact) mass is 378 g/mol. The molecule has 0 spiro atoms. The average Bonchev–Trinajstić information content (AvgIpc) is 3.33. The third-order valence-corrected chi connectivity index (χ3v) is 6.16. The second-order valence-electron chi connectivity index (χ2n) is 7.69. The summed E-state index contributed by atoms with van der Waals surface area (Å²) in [6.07, 6.45) is 9.08. The van der Waals surface area contributed by atoms with Gasteiger partial charge >= 0.3 is 0 Å². The van der Waals surface area contributed by atoms with Crippen molar-refractivity contribution < 1.29 is 21.7 Å². The van der Waals surface area contributed by atoms with Crippen molar-refractivity contribution in [2.45, 2.75) is 57.0 Å². The molecule has 0 bridgehead atoms. The van der Waals surface area contributed by atoms with Crippen molar-refractivity contribution in [2.75, 3.05) is 39.3 Å². The fourth-order valence-corrected chi connectivity index (χ4v) is 4.63. The molecular weight excluding hydrogens is 348 g/mol. The number of nitrogens with zero attached hydrogens (tertiary/aromatic N) is 6. The minimum Gasteiger partial charge on any atom is -0.678 e. The number of hydrogen-bond donors (Lipinski definition) is 0. The van der Waals surface area contributed by atoms with Crippen LogP contribution in [0.2, 0.25) is 0 Å². The van der Waals surface area contributed by atoms with E-state index in [-0.39, 0.29) is 21.7 Å². The van der Waals surface area contributed by atoms with Gasteiger partial charge in [0, 0.05) is 21.7 Å². The van der Waals surface area contributed by atoms with E-state index in [0.29, 0.717) is 18.5 Å². The molecule has 6 aliphatic rings. The van der Waals surface area contributed by atoms with E-state index < -0.39 is 0 Å². The van der Waals surface area contributed by atoms with E-state index in [9.17, 15) is 0 Å². The van der Waals surface area contributed by atoms with E-state index in [1.165, 1.54) is 38.5 Å². The van der Waals surface area contributed by atoms with Gasteiger partial charge in [0.1, 0.15) is 0 Å². The van der Waals surface area contributed by atoms with Crippen molar-refractivity contribution in [3.05, 3.63) is 31.9 Å². The minimum atomic E-state index is 0. The Hall–Kier alpha value is 0.474. The molecule has 0 amide bonds. The molecule has 25 heavy (non-hydrogen) atoms. The van der Waals surface area contributed by atoms with E-state index in [1.807, 2.05) is 0 Å². The van der Waals surface area contributed by atoms with Crippen LogP contribution in [-0.4, -0.2) is 57.8 Å². The Labute approximate surface area is 167 Å². The summed E-state index contributed by atoms with van der Waals surface area (Å²) in [6, 6.07) is 0. The molecule has 0 N–H and O–H groups in total. The summed E-state index contributed by atoms with van der Waals surface area (Å²) in [6.45, 7) is 6.41. The van der Waals surface area contributed by atoms with Crippen LogP contribution in [0.4, 0.5) is 0 Å². The topological polar surface area (TPSA) is 84.6 Å². The van der Waals surface area contributed by atoms with Crippen molar-refractivity contribution in [3.63, 3.8) is 0 Å². The van der Waals surface area contributed by atoms with Gasteiger partial charge in [0.2, 0.25) is 0 Å². The summed E-state index contributed by atoms with van der Waals surface area (Å²) in [7, 11) is 0. The van der Waals surface area contributed by atoms with Crippen molar-refractivity contribution in [1.29, 1.82) is 0 Å². The Bertz CT molecular complexity index is 281. The van der Waals surface area contributed by atoms with Gasteiger partial charge in [-0.3, -0.25) is 0 Å².